The van der Waals surface area contributed by atoms with Crippen molar-refractivity contribution < 1.29 is 19.4 Å². The number of methoxy groups -OCH3 is 1. The van der Waals surface area contributed by atoms with Crippen LogP contribution in [0.15, 0.2) is 0 Å². The molecule has 0 radical (unpaired) electrons. The van der Waals surface area contributed by atoms with Gasteiger partial charge in [-0.1, -0.05) is 13.8 Å². The van der Waals surface area contributed by atoms with Crippen LogP contribution in [0.5, 0.6) is 0 Å². The maximum atomic E-state index is 12.3. The van der Waals surface area contributed by atoms with E-state index in [2.05, 4.69) is 13.8 Å². The van der Waals surface area contributed by atoms with Crippen LogP contribution >= 0.6 is 0 Å². The van der Waals surface area contributed by atoms with E-state index in [-0.39, 0.29) is 17.9 Å². The number of nitrogens with two attached hydrogens (primary N) is 1. The molecule has 3 atom stereocenters. The molecule has 0 aromatic heterocycles. The predicted molar refractivity (Wildman–Crippen MR) is 75.2 cm³/mol. The number of nitrogens with zero attached hydrogens (tertiary/aromatic N) is 1. The Morgan fingerprint density at radius 3 is 2.55 bits per heavy atom. The lowest BCUT2D eigenvalue weighted by Crippen LogP contribution is -2.41. The molecule has 3 N–H and O–H groups in total. The van der Waals surface area contributed by atoms with Crippen LogP contribution in [0, 0.1) is 11.8 Å². The summed E-state index contributed by atoms with van der Waals surface area (Å²) in [7, 11) is 1.54. The normalized spacial score (nSPS) is 24.1. The minimum atomic E-state index is -0.967. The fourth-order valence-corrected chi connectivity index (χ4v) is 2.77. The van der Waals surface area contributed by atoms with E-state index in [1.165, 1.54) is 4.90 Å². The first-order valence-corrected chi connectivity index (χ1v) is 7.14. The molecule has 0 aliphatic carbocycles. The molecule has 6 heteroatoms. The van der Waals surface area contributed by atoms with Gasteiger partial charge in [-0.05, 0) is 24.8 Å². The summed E-state index contributed by atoms with van der Waals surface area (Å²) in [6.45, 7) is 4.97. The Morgan fingerprint density at radius 1 is 1.45 bits per heavy atom. The summed E-state index contributed by atoms with van der Waals surface area (Å²) in [6, 6.07) is -0.773. The van der Waals surface area contributed by atoms with E-state index in [4.69, 9.17) is 10.5 Å². The van der Waals surface area contributed by atoms with Crippen LogP contribution in [-0.2, 0) is 14.3 Å². The molecule has 1 aliphatic heterocycles. The first-order chi connectivity index (χ1) is 9.38. The van der Waals surface area contributed by atoms with Crippen molar-refractivity contribution in [3.63, 3.8) is 0 Å². The van der Waals surface area contributed by atoms with Crippen LogP contribution in [0.1, 0.15) is 33.1 Å². The van der Waals surface area contributed by atoms with Crippen molar-refractivity contribution in [2.75, 3.05) is 20.2 Å². The van der Waals surface area contributed by atoms with E-state index in [1.807, 2.05) is 0 Å². The van der Waals surface area contributed by atoms with Crippen LogP contribution in [0.4, 0.5) is 0 Å². The summed E-state index contributed by atoms with van der Waals surface area (Å²) in [5, 5.41) is 9.21. The summed E-state index contributed by atoms with van der Waals surface area (Å²) in [5.41, 5.74) is 5.70. The number of carbonyl (C=O) groups excluding carboxylic acids is 1. The summed E-state index contributed by atoms with van der Waals surface area (Å²) in [5.74, 6) is -0.519. The summed E-state index contributed by atoms with van der Waals surface area (Å²) in [6.07, 6.45) is 1.35. The zero-order chi connectivity index (χ0) is 15.3. The summed E-state index contributed by atoms with van der Waals surface area (Å²) in [4.78, 5) is 25.0. The SMILES string of the molecule is COC1CC(C(=O)O)N(C(=O)CC(CN)CC(C)C)C1. The van der Waals surface area contributed by atoms with E-state index >= 15 is 0 Å². The quantitative estimate of drug-likeness (QED) is 0.718. The highest BCUT2D eigenvalue weighted by atomic mass is 16.5. The highest BCUT2D eigenvalue weighted by molar-refractivity contribution is 5.84. The molecule has 6 nitrogen and oxygen atoms in total. The average molecular weight is 286 g/mol. The molecule has 1 heterocycles. The molecule has 3 unspecified atom stereocenters. The Balaban J connectivity index is 2.66. The van der Waals surface area contributed by atoms with Crippen molar-refractivity contribution in [1.82, 2.24) is 4.90 Å². The molecular weight excluding hydrogens is 260 g/mol. The molecule has 0 aromatic rings. The lowest BCUT2D eigenvalue weighted by molar-refractivity contribution is -0.148. The van der Waals surface area contributed by atoms with Crippen molar-refractivity contribution in [3.8, 4) is 0 Å². The molecule has 0 bridgehead atoms. The van der Waals surface area contributed by atoms with Gasteiger partial charge in [0.05, 0.1) is 6.10 Å². The summed E-state index contributed by atoms with van der Waals surface area (Å²) >= 11 is 0. The third-order valence-electron chi connectivity index (χ3n) is 3.80. The fraction of sp³-hybridized carbons (Fsp3) is 0.857. The number of carboxylic acid groups (broad SMARTS) is 1. The third kappa shape index (κ3) is 4.45. The van der Waals surface area contributed by atoms with Crippen LogP contribution < -0.4 is 5.73 Å². The zero-order valence-corrected chi connectivity index (χ0v) is 12.5. The van der Waals surface area contributed by atoms with Crippen molar-refractivity contribution in [2.24, 2.45) is 17.6 Å². The summed E-state index contributed by atoms with van der Waals surface area (Å²) < 4.78 is 5.19. The van der Waals surface area contributed by atoms with Gasteiger partial charge < -0.3 is 20.5 Å². The Hall–Kier alpha value is -1.14. The Morgan fingerprint density at radius 2 is 2.10 bits per heavy atom. The number of hydrogen-bond donors (Lipinski definition) is 2. The average Bonchev–Trinajstić information content (AvgIpc) is 2.81. The highest BCUT2D eigenvalue weighted by Gasteiger charge is 2.39. The van der Waals surface area contributed by atoms with Gasteiger partial charge >= 0.3 is 5.97 Å². The lowest BCUT2D eigenvalue weighted by Gasteiger charge is -2.24. The number of ether oxygens (including phenoxy) is 1. The van der Waals surface area contributed by atoms with Gasteiger partial charge in [0, 0.05) is 26.5 Å². The topological polar surface area (TPSA) is 92.9 Å². The van der Waals surface area contributed by atoms with E-state index in [0.29, 0.717) is 31.8 Å². The molecule has 0 spiro atoms. The lowest BCUT2D eigenvalue weighted by atomic mass is 9.93. The first-order valence-electron chi connectivity index (χ1n) is 7.14. The van der Waals surface area contributed by atoms with Crippen LogP contribution in [0.3, 0.4) is 0 Å². The smallest absolute Gasteiger partial charge is 0.326 e. The van der Waals surface area contributed by atoms with Crippen molar-refractivity contribution in [3.05, 3.63) is 0 Å². The van der Waals surface area contributed by atoms with Crippen molar-refractivity contribution in [1.29, 1.82) is 0 Å². The number of carboxylic acids is 1. The number of rotatable bonds is 7. The largest absolute Gasteiger partial charge is 0.480 e. The van der Waals surface area contributed by atoms with Gasteiger partial charge in [0.15, 0.2) is 0 Å². The van der Waals surface area contributed by atoms with Crippen LogP contribution in [0.25, 0.3) is 0 Å². The van der Waals surface area contributed by atoms with Gasteiger partial charge in [0.1, 0.15) is 6.04 Å². The third-order valence-corrected chi connectivity index (χ3v) is 3.80. The molecule has 0 saturated carbocycles. The van der Waals surface area contributed by atoms with Gasteiger partial charge in [0.2, 0.25) is 5.91 Å². The molecule has 0 aromatic carbocycles. The molecule has 1 fully saturated rings. The standard InChI is InChI=1S/C14H26N2O4/c1-9(2)4-10(7-15)5-13(17)16-8-11(20-3)6-12(16)14(18)19/h9-12H,4-8,15H2,1-3H3,(H,18,19). The highest BCUT2D eigenvalue weighted by Crippen LogP contribution is 2.23. The maximum Gasteiger partial charge on any atom is 0.326 e. The van der Waals surface area contributed by atoms with Gasteiger partial charge in [0.25, 0.3) is 0 Å². The van der Waals surface area contributed by atoms with Gasteiger partial charge in [-0.25, -0.2) is 4.79 Å². The second-order valence-electron chi connectivity index (χ2n) is 5.93. The number of amides is 1. The van der Waals surface area contributed by atoms with Crippen molar-refractivity contribution in [2.45, 2.75) is 45.3 Å². The van der Waals surface area contributed by atoms with E-state index in [1.54, 1.807) is 7.11 Å². The minimum absolute atomic E-state index is 0.110. The second-order valence-corrected chi connectivity index (χ2v) is 5.93. The second kappa shape index (κ2) is 7.59. The van der Waals surface area contributed by atoms with Crippen molar-refractivity contribution >= 4 is 11.9 Å². The molecule has 1 rings (SSSR count). The maximum absolute atomic E-state index is 12.3. The molecule has 1 saturated heterocycles. The molecule has 116 valence electrons. The number of aliphatic carboxylic acids is 1. The Labute approximate surface area is 120 Å². The minimum Gasteiger partial charge on any atom is -0.480 e. The molecule has 1 amide bonds. The van der Waals surface area contributed by atoms with E-state index in [9.17, 15) is 14.7 Å². The van der Waals surface area contributed by atoms with E-state index in [0.717, 1.165) is 6.42 Å². The monoisotopic (exact) mass is 286 g/mol. The Bertz CT molecular complexity index is 346. The molecular formula is C14H26N2O4. The zero-order valence-electron chi connectivity index (χ0n) is 12.5. The van der Waals surface area contributed by atoms with Gasteiger partial charge in [-0.3, -0.25) is 4.79 Å². The number of likely N-dealkylation sites (tertiary alicyclic amines) is 1. The number of carbonyl (C=O) groups is 2. The predicted octanol–water partition coefficient (Wildman–Crippen LogP) is 0.698. The molecule has 20 heavy (non-hydrogen) atoms. The molecule has 1 aliphatic rings. The van der Waals surface area contributed by atoms with Gasteiger partial charge in [-0.2, -0.15) is 0 Å². The van der Waals surface area contributed by atoms with Crippen LogP contribution in [0.2, 0.25) is 0 Å². The van der Waals surface area contributed by atoms with Gasteiger partial charge in [-0.15, -0.1) is 0 Å². The first kappa shape index (κ1) is 16.9. The van der Waals surface area contributed by atoms with Crippen LogP contribution in [-0.4, -0.2) is 54.2 Å². The number of hydrogen-bond acceptors (Lipinski definition) is 4. The Kier molecular flexibility index (Phi) is 6.42. The fourth-order valence-electron chi connectivity index (χ4n) is 2.77. The van der Waals surface area contributed by atoms with E-state index < -0.39 is 12.0 Å².